The maximum Gasteiger partial charge on any atom is 0.0205 e. The number of rotatable bonds is 6. The van der Waals surface area contributed by atoms with E-state index in [-0.39, 0.29) is 0 Å². The summed E-state index contributed by atoms with van der Waals surface area (Å²) in [6.45, 7) is 4.27. The van der Waals surface area contributed by atoms with Gasteiger partial charge in [0.1, 0.15) is 0 Å². The zero-order valence-electron chi connectivity index (χ0n) is 9.05. The average molecular weight is 209 g/mol. The Bertz CT molecular complexity index is 243. The largest absolute Gasteiger partial charge is 0.312 e. The Morgan fingerprint density at radius 2 is 1.79 bits per heavy atom. The summed E-state index contributed by atoms with van der Waals surface area (Å²) in [6, 6.07) is 8.85. The summed E-state index contributed by atoms with van der Waals surface area (Å²) >= 11 is 1.88. The second-order valence-electron chi connectivity index (χ2n) is 3.34. The maximum absolute atomic E-state index is 3.42. The minimum atomic E-state index is 0.991. The van der Waals surface area contributed by atoms with E-state index in [1.165, 1.54) is 16.9 Å². The zero-order chi connectivity index (χ0) is 10.2. The summed E-state index contributed by atoms with van der Waals surface area (Å²) in [7, 11) is 0. The van der Waals surface area contributed by atoms with Crippen molar-refractivity contribution in [2.75, 3.05) is 18.6 Å². The molecule has 0 aliphatic heterocycles. The molecule has 1 N–H and O–H groups in total. The Kier molecular flexibility index (Phi) is 5.72. The fourth-order valence-corrected chi connectivity index (χ4v) is 1.65. The van der Waals surface area contributed by atoms with Gasteiger partial charge >= 0.3 is 0 Å². The van der Waals surface area contributed by atoms with Crippen molar-refractivity contribution in [3.8, 4) is 0 Å². The summed E-state index contributed by atoms with van der Waals surface area (Å²) in [5, 5.41) is 3.42. The van der Waals surface area contributed by atoms with Crippen LogP contribution in [-0.2, 0) is 13.0 Å². The molecule has 0 radical (unpaired) electrons. The van der Waals surface area contributed by atoms with Gasteiger partial charge in [-0.25, -0.2) is 0 Å². The Morgan fingerprint density at radius 3 is 2.36 bits per heavy atom. The first kappa shape index (κ1) is 11.6. The van der Waals surface area contributed by atoms with Gasteiger partial charge in [0.2, 0.25) is 0 Å². The highest BCUT2D eigenvalue weighted by Gasteiger charge is 1.92. The van der Waals surface area contributed by atoms with Gasteiger partial charge < -0.3 is 5.32 Å². The monoisotopic (exact) mass is 209 g/mol. The quantitative estimate of drug-likeness (QED) is 0.723. The van der Waals surface area contributed by atoms with Crippen LogP contribution < -0.4 is 5.32 Å². The van der Waals surface area contributed by atoms with Gasteiger partial charge in [-0.05, 0) is 23.8 Å². The molecule has 14 heavy (non-hydrogen) atoms. The van der Waals surface area contributed by atoms with E-state index in [4.69, 9.17) is 0 Å². The predicted octanol–water partition coefficient (Wildman–Crippen LogP) is 2.70. The van der Waals surface area contributed by atoms with Crippen molar-refractivity contribution in [2.45, 2.75) is 19.9 Å². The summed E-state index contributed by atoms with van der Waals surface area (Å²) < 4.78 is 0. The molecule has 1 nitrogen and oxygen atoms in total. The van der Waals surface area contributed by atoms with Gasteiger partial charge in [0, 0.05) is 18.8 Å². The summed E-state index contributed by atoms with van der Waals surface area (Å²) in [5.74, 6) is 1.19. The minimum absolute atomic E-state index is 0.991. The molecule has 0 aliphatic rings. The molecular weight excluding hydrogens is 190 g/mol. The van der Waals surface area contributed by atoms with Crippen LogP contribution in [0.5, 0.6) is 0 Å². The highest BCUT2D eigenvalue weighted by atomic mass is 32.2. The first-order valence-electron chi connectivity index (χ1n) is 5.14. The van der Waals surface area contributed by atoms with Gasteiger partial charge in [-0.1, -0.05) is 31.2 Å². The Hall–Kier alpha value is -0.470. The Balaban J connectivity index is 2.29. The molecular formula is C12H19NS. The van der Waals surface area contributed by atoms with Gasteiger partial charge in [-0.2, -0.15) is 11.8 Å². The van der Waals surface area contributed by atoms with Gasteiger partial charge in [0.05, 0.1) is 0 Å². The molecule has 0 fully saturated rings. The van der Waals surface area contributed by atoms with E-state index in [0.29, 0.717) is 0 Å². The summed E-state index contributed by atoms with van der Waals surface area (Å²) in [5.41, 5.74) is 2.79. The predicted molar refractivity (Wildman–Crippen MR) is 65.9 cm³/mol. The van der Waals surface area contributed by atoms with Gasteiger partial charge in [0.15, 0.2) is 0 Å². The molecule has 0 aliphatic carbocycles. The zero-order valence-corrected chi connectivity index (χ0v) is 9.86. The standard InChI is InChI=1S/C12H19NS/c1-3-11-4-6-12(7-5-11)10-13-8-9-14-2/h4-7,13H,3,8-10H2,1-2H3. The highest BCUT2D eigenvalue weighted by Crippen LogP contribution is 2.04. The third-order valence-corrected chi connectivity index (χ3v) is 2.86. The van der Waals surface area contributed by atoms with Crippen molar-refractivity contribution >= 4 is 11.8 Å². The molecule has 1 aromatic rings. The fraction of sp³-hybridized carbons (Fsp3) is 0.500. The molecule has 0 aromatic heterocycles. The van der Waals surface area contributed by atoms with Crippen LogP contribution in [0.4, 0.5) is 0 Å². The van der Waals surface area contributed by atoms with E-state index in [9.17, 15) is 0 Å². The first-order chi connectivity index (χ1) is 6.86. The average Bonchev–Trinajstić information content (AvgIpc) is 2.25. The lowest BCUT2D eigenvalue weighted by Crippen LogP contribution is -2.16. The Labute approximate surface area is 91.3 Å². The van der Waals surface area contributed by atoms with E-state index in [0.717, 1.165) is 19.5 Å². The molecule has 0 amide bonds. The molecule has 1 rings (SSSR count). The van der Waals surface area contributed by atoms with Gasteiger partial charge in [-0.15, -0.1) is 0 Å². The number of benzene rings is 1. The van der Waals surface area contributed by atoms with Crippen molar-refractivity contribution in [3.05, 3.63) is 35.4 Å². The lowest BCUT2D eigenvalue weighted by atomic mass is 10.1. The highest BCUT2D eigenvalue weighted by molar-refractivity contribution is 7.98. The summed E-state index contributed by atoms with van der Waals surface area (Å²) in [6.07, 6.45) is 3.26. The molecule has 78 valence electrons. The van der Waals surface area contributed by atoms with Crippen molar-refractivity contribution in [2.24, 2.45) is 0 Å². The lowest BCUT2D eigenvalue weighted by molar-refractivity contribution is 0.732. The van der Waals surface area contributed by atoms with Crippen LogP contribution in [0.3, 0.4) is 0 Å². The molecule has 0 heterocycles. The molecule has 0 saturated carbocycles. The van der Waals surface area contributed by atoms with Crippen LogP contribution in [-0.4, -0.2) is 18.6 Å². The normalized spacial score (nSPS) is 10.4. The minimum Gasteiger partial charge on any atom is -0.312 e. The fourth-order valence-electron chi connectivity index (χ4n) is 1.30. The van der Waals surface area contributed by atoms with Crippen LogP contribution in [0.2, 0.25) is 0 Å². The van der Waals surface area contributed by atoms with Gasteiger partial charge in [-0.3, -0.25) is 0 Å². The number of hydrogen-bond donors (Lipinski definition) is 1. The molecule has 0 saturated heterocycles. The van der Waals surface area contributed by atoms with Crippen LogP contribution >= 0.6 is 11.8 Å². The van der Waals surface area contributed by atoms with Crippen LogP contribution in [0.1, 0.15) is 18.1 Å². The molecule has 0 unspecified atom stereocenters. The topological polar surface area (TPSA) is 12.0 Å². The Morgan fingerprint density at radius 1 is 1.14 bits per heavy atom. The van der Waals surface area contributed by atoms with E-state index < -0.39 is 0 Å². The van der Waals surface area contributed by atoms with Gasteiger partial charge in [0.25, 0.3) is 0 Å². The number of hydrogen-bond acceptors (Lipinski definition) is 2. The van der Waals surface area contributed by atoms with E-state index >= 15 is 0 Å². The second-order valence-corrected chi connectivity index (χ2v) is 4.33. The van der Waals surface area contributed by atoms with E-state index in [1.54, 1.807) is 0 Å². The molecule has 1 aromatic carbocycles. The number of aryl methyl sites for hydroxylation is 1. The van der Waals surface area contributed by atoms with Crippen LogP contribution in [0.25, 0.3) is 0 Å². The van der Waals surface area contributed by atoms with Crippen molar-refractivity contribution in [1.29, 1.82) is 0 Å². The number of nitrogens with one attached hydrogen (secondary N) is 1. The number of thioether (sulfide) groups is 1. The SMILES string of the molecule is CCc1ccc(CNCCSC)cc1. The van der Waals surface area contributed by atoms with Crippen LogP contribution in [0.15, 0.2) is 24.3 Å². The van der Waals surface area contributed by atoms with Crippen molar-refractivity contribution in [3.63, 3.8) is 0 Å². The second kappa shape index (κ2) is 6.91. The molecule has 2 heteroatoms. The first-order valence-corrected chi connectivity index (χ1v) is 6.53. The molecule has 0 bridgehead atoms. The maximum atomic E-state index is 3.42. The third-order valence-electron chi connectivity index (χ3n) is 2.24. The van der Waals surface area contributed by atoms with E-state index in [2.05, 4.69) is 42.8 Å². The van der Waals surface area contributed by atoms with Crippen LogP contribution in [0, 0.1) is 0 Å². The van der Waals surface area contributed by atoms with E-state index in [1.807, 2.05) is 11.8 Å². The summed E-state index contributed by atoms with van der Waals surface area (Å²) in [4.78, 5) is 0. The van der Waals surface area contributed by atoms with Crippen molar-refractivity contribution in [1.82, 2.24) is 5.32 Å². The molecule has 0 spiro atoms. The lowest BCUT2D eigenvalue weighted by Gasteiger charge is -2.04. The molecule has 0 atom stereocenters. The van der Waals surface area contributed by atoms with Crippen molar-refractivity contribution < 1.29 is 0 Å². The third kappa shape index (κ3) is 4.16. The smallest absolute Gasteiger partial charge is 0.0205 e.